The highest BCUT2D eigenvalue weighted by atomic mass is 16.5. The first-order valence-corrected chi connectivity index (χ1v) is 4.60. The average Bonchev–Trinajstić information content (AvgIpc) is 2.23. The van der Waals surface area contributed by atoms with Gasteiger partial charge in [0, 0.05) is 13.7 Å². The fraction of sp³-hybridized carbons (Fsp3) is 0.455. The Morgan fingerprint density at radius 2 is 1.92 bits per heavy atom. The molecule has 2 heteroatoms. The van der Waals surface area contributed by atoms with Gasteiger partial charge in [-0.1, -0.05) is 37.3 Å². The fourth-order valence-corrected chi connectivity index (χ4v) is 1.55. The number of nitrogens with two attached hydrogens (primary N) is 1. The van der Waals surface area contributed by atoms with Crippen LogP contribution >= 0.6 is 0 Å². The lowest BCUT2D eigenvalue weighted by atomic mass is 9.91. The standard InChI is InChI=1S/C11H17NO/c1-3-11(9-12,13-2)10-7-5-4-6-8-10/h4-8H,3,9,12H2,1-2H3/t11-/m1/s1. The Morgan fingerprint density at radius 1 is 1.31 bits per heavy atom. The van der Waals surface area contributed by atoms with Crippen LogP contribution in [0.15, 0.2) is 30.3 Å². The summed E-state index contributed by atoms with van der Waals surface area (Å²) in [5.41, 5.74) is 6.59. The van der Waals surface area contributed by atoms with Crippen LogP contribution in [0.1, 0.15) is 18.9 Å². The van der Waals surface area contributed by atoms with E-state index in [1.54, 1.807) is 7.11 Å². The number of hydrogen-bond acceptors (Lipinski definition) is 2. The van der Waals surface area contributed by atoms with Gasteiger partial charge in [0.05, 0.1) is 0 Å². The van der Waals surface area contributed by atoms with E-state index < -0.39 is 0 Å². The van der Waals surface area contributed by atoms with Crippen molar-refractivity contribution >= 4 is 0 Å². The van der Waals surface area contributed by atoms with Crippen molar-refractivity contribution < 1.29 is 4.74 Å². The molecule has 2 nitrogen and oxygen atoms in total. The third-order valence-electron chi connectivity index (χ3n) is 2.59. The van der Waals surface area contributed by atoms with E-state index in [-0.39, 0.29) is 5.60 Å². The molecule has 0 saturated heterocycles. The molecule has 0 saturated carbocycles. The first-order chi connectivity index (χ1) is 6.29. The highest BCUT2D eigenvalue weighted by molar-refractivity contribution is 5.22. The molecule has 72 valence electrons. The van der Waals surface area contributed by atoms with E-state index in [9.17, 15) is 0 Å². The number of hydrogen-bond donors (Lipinski definition) is 1. The maximum Gasteiger partial charge on any atom is 0.105 e. The molecule has 0 aliphatic heterocycles. The minimum Gasteiger partial charge on any atom is -0.372 e. The zero-order chi connectivity index (χ0) is 9.73. The summed E-state index contributed by atoms with van der Waals surface area (Å²) in [6, 6.07) is 10.1. The zero-order valence-electron chi connectivity index (χ0n) is 8.29. The largest absolute Gasteiger partial charge is 0.372 e. The highest BCUT2D eigenvalue weighted by Gasteiger charge is 2.27. The Hall–Kier alpha value is -0.860. The van der Waals surface area contributed by atoms with Crippen LogP contribution in [-0.2, 0) is 10.3 Å². The fourth-order valence-electron chi connectivity index (χ4n) is 1.55. The molecule has 0 spiro atoms. The summed E-state index contributed by atoms with van der Waals surface area (Å²) in [5.74, 6) is 0. The molecule has 0 unspecified atom stereocenters. The van der Waals surface area contributed by atoms with Gasteiger partial charge in [-0.15, -0.1) is 0 Å². The maximum atomic E-state index is 5.74. The van der Waals surface area contributed by atoms with E-state index >= 15 is 0 Å². The quantitative estimate of drug-likeness (QED) is 0.766. The number of benzene rings is 1. The van der Waals surface area contributed by atoms with E-state index in [1.165, 1.54) is 0 Å². The molecular weight excluding hydrogens is 162 g/mol. The van der Waals surface area contributed by atoms with E-state index in [1.807, 2.05) is 18.2 Å². The van der Waals surface area contributed by atoms with Crippen LogP contribution in [0.25, 0.3) is 0 Å². The van der Waals surface area contributed by atoms with Gasteiger partial charge in [0.1, 0.15) is 5.60 Å². The van der Waals surface area contributed by atoms with Crippen molar-refractivity contribution in [3.63, 3.8) is 0 Å². The van der Waals surface area contributed by atoms with Gasteiger partial charge in [-0.25, -0.2) is 0 Å². The Balaban J connectivity index is 3.01. The Kier molecular flexibility index (Phi) is 3.46. The minimum absolute atomic E-state index is 0.304. The SMILES string of the molecule is CC[C@](CN)(OC)c1ccccc1. The van der Waals surface area contributed by atoms with Gasteiger partial charge < -0.3 is 10.5 Å². The van der Waals surface area contributed by atoms with Crippen LogP contribution in [0.5, 0.6) is 0 Å². The topological polar surface area (TPSA) is 35.2 Å². The van der Waals surface area contributed by atoms with Crippen molar-refractivity contribution in [2.24, 2.45) is 5.73 Å². The molecule has 1 atom stereocenters. The van der Waals surface area contributed by atoms with Crippen LogP contribution in [0.3, 0.4) is 0 Å². The second kappa shape index (κ2) is 4.40. The molecule has 2 N–H and O–H groups in total. The summed E-state index contributed by atoms with van der Waals surface area (Å²) in [5, 5.41) is 0. The second-order valence-electron chi connectivity index (χ2n) is 3.12. The lowest BCUT2D eigenvalue weighted by molar-refractivity contribution is -0.0103. The molecule has 0 radical (unpaired) electrons. The monoisotopic (exact) mass is 179 g/mol. The molecule has 1 aromatic carbocycles. The Labute approximate surface area is 79.7 Å². The highest BCUT2D eigenvalue weighted by Crippen LogP contribution is 2.26. The normalized spacial score (nSPS) is 15.3. The van der Waals surface area contributed by atoms with Gasteiger partial charge in [-0.05, 0) is 12.0 Å². The van der Waals surface area contributed by atoms with Crippen LogP contribution in [-0.4, -0.2) is 13.7 Å². The van der Waals surface area contributed by atoms with Gasteiger partial charge in [-0.3, -0.25) is 0 Å². The van der Waals surface area contributed by atoms with Gasteiger partial charge in [0.15, 0.2) is 0 Å². The average molecular weight is 179 g/mol. The van der Waals surface area contributed by atoms with Crippen LogP contribution < -0.4 is 5.73 Å². The van der Waals surface area contributed by atoms with Gasteiger partial charge in [0.25, 0.3) is 0 Å². The maximum absolute atomic E-state index is 5.74. The van der Waals surface area contributed by atoms with Crippen molar-refractivity contribution in [2.45, 2.75) is 18.9 Å². The predicted molar refractivity (Wildman–Crippen MR) is 54.5 cm³/mol. The van der Waals surface area contributed by atoms with Crippen LogP contribution in [0.4, 0.5) is 0 Å². The third kappa shape index (κ3) is 1.90. The molecule has 0 aromatic heterocycles. The van der Waals surface area contributed by atoms with E-state index in [4.69, 9.17) is 10.5 Å². The first kappa shape index (κ1) is 10.2. The summed E-state index contributed by atoms with van der Waals surface area (Å²) < 4.78 is 5.50. The van der Waals surface area contributed by atoms with Gasteiger partial charge in [-0.2, -0.15) is 0 Å². The Bertz CT molecular complexity index is 233. The van der Waals surface area contributed by atoms with Crippen LogP contribution in [0.2, 0.25) is 0 Å². The predicted octanol–water partition coefficient (Wildman–Crippen LogP) is 1.90. The van der Waals surface area contributed by atoms with Crippen molar-refractivity contribution in [1.82, 2.24) is 0 Å². The lowest BCUT2D eigenvalue weighted by Crippen LogP contribution is -2.36. The molecule has 0 amide bonds. The molecule has 1 aromatic rings. The smallest absolute Gasteiger partial charge is 0.105 e. The molecular formula is C11H17NO. The first-order valence-electron chi connectivity index (χ1n) is 4.60. The van der Waals surface area contributed by atoms with Gasteiger partial charge >= 0.3 is 0 Å². The summed E-state index contributed by atoms with van der Waals surface area (Å²) in [6.07, 6.45) is 0.893. The van der Waals surface area contributed by atoms with Crippen LogP contribution in [0, 0.1) is 0 Å². The van der Waals surface area contributed by atoms with Crippen molar-refractivity contribution in [3.8, 4) is 0 Å². The van der Waals surface area contributed by atoms with E-state index in [0.29, 0.717) is 6.54 Å². The molecule has 0 aliphatic carbocycles. The molecule has 0 bridgehead atoms. The minimum atomic E-state index is -0.304. The Morgan fingerprint density at radius 3 is 2.31 bits per heavy atom. The second-order valence-corrected chi connectivity index (χ2v) is 3.12. The molecule has 1 rings (SSSR count). The van der Waals surface area contributed by atoms with Crippen molar-refractivity contribution in [2.75, 3.05) is 13.7 Å². The summed E-state index contributed by atoms with van der Waals surface area (Å²) in [4.78, 5) is 0. The van der Waals surface area contributed by atoms with E-state index in [2.05, 4.69) is 19.1 Å². The molecule has 13 heavy (non-hydrogen) atoms. The summed E-state index contributed by atoms with van der Waals surface area (Å²) in [7, 11) is 1.71. The summed E-state index contributed by atoms with van der Waals surface area (Å²) in [6.45, 7) is 2.60. The third-order valence-corrected chi connectivity index (χ3v) is 2.59. The van der Waals surface area contributed by atoms with Gasteiger partial charge in [0.2, 0.25) is 0 Å². The summed E-state index contributed by atoms with van der Waals surface area (Å²) >= 11 is 0. The lowest BCUT2D eigenvalue weighted by Gasteiger charge is -2.30. The zero-order valence-corrected chi connectivity index (χ0v) is 8.29. The number of ether oxygens (including phenoxy) is 1. The molecule has 0 aliphatic rings. The molecule has 0 heterocycles. The molecule has 0 fully saturated rings. The van der Waals surface area contributed by atoms with E-state index in [0.717, 1.165) is 12.0 Å². The number of methoxy groups -OCH3 is 1. The van der Waals surface area contributed by atoms with Crippen molar-refractivity contribution in [3.05, 3.63) is 35.9 Å². The number of rotatable bonds is 4. The van der Waals surface area contributed by atoms with Crippen molar-refractivity contribution in [1.29, 1.82) is 0 Å².